The van der Waals surface area contributed by atoms with Crippen molar-refractivity contribution in [1.82, 2.24) is 10.2 Å². The second-order valence-electron chi connectivity index (χ2n) is 5.25. The fourth-order valence-corrected chi connectivity index (χ4v) is 2.25. The molecule has 1 fully saturated rings. The van der Waals surface area contributed by atoms with Crippen LogP contribution in [0, 0.1) is 5.92 Å². The number of rotatable bonds is 8. The minimum atomic E-state index is -0.455. The Balaban J connectivity index is 2.12. The van der Waals surface area contributed by atoms with Crippen LogP contribution in [0.1, 0.15) is 26.2 Å². The number of hydrogen-bond donors (Lipinski definition) is 2. The number of methoxy groups -OCH3 is 1. The molecule has 0 aromatic rings. The van der Waals surface area contributed by atoms with Gasteiger partial charge < -0.3 is 20.7 Å². The van der Waals surface area contributed by atoms with Crippen molar-refractivity contribution >= 4 is 5.91 Å². The van der Waals surface area contributed by atoms with Crippen molar-refractivity contribution in [2.24, 2.45) is 11.7 Å². The van der Waals surface area contributed by atoms with Gasteiger partial charge in [0, 0.05) is 26.8 Å². The first-order valence-corrected chi connectivity index (χ1v) is 6.88. The van der Waals surface area contributed by atoms with E-state index >= 15 is 0 Å². The topological polar surface area (TPSA) is 67.6 Å². The summed E-state index contributed by atoms with van der Waals surface area (Å²) in [4.78, 5) is 14.1. The van der Waals surface area contributed by atoms with E-state index in [0.717, 1.165) is 6.54 Å². The van der Waals surface area contributed by atoms with Crippen LogP contribution in [0.3, 0.4) is 0 Å². The van der Waals surface area contributed by atoms with Crippen LogP contribution in [-0.2, 0) is 9.53 Å². The zero-order valence-electron chi connectivity index (χ0n) is 11.7. The highest BCUT2D eigenvalue weighted by Gasteiger charge is 2.17. The van der Waals surface area contributed by atoms with Crippen LogP contribution in [-0.4, -0.2) is 56.7 Å². The number of ether oxygens (including phenoxy) is 1. The molecule has 1 aliphatic rings. The average molecular weight is 257 g/mol. The van der Waals surface area contributed by atoms with Crippen molar-refractivity contribution in [1.29, 1.82) is 0 Å². The third-order valence-electron chi connectivity index (χ3n) is 3.36. The summed E-state index contributed by atoms with van der Waals surface area (Å²) in [6.45, 7) is 6.86. The first-order chi connectivity index (χ1) is 8.63. The largest absolute Gasteiger partial charge is 0.385 e. The maximum Gasteiger partial charge on any atom is 0.237 e. The Morgan fingerprint density at radius 2 is 2.11 bits per heavy atom. The maximum absolute atomic E-state index is 11.7. The second-order valence-corrected chi connectivity index (χ2v) is 5.25. The van der Waals surface area contributed by atoms with Crippen LogP contribution in [0.2, 0.25) is 0 Å². The van der Waals surface area contributed by atoms with Gasteiger partial charge in [0.2, 0.25) is 5.91 Å². The lowest BCUT2D eigenvalue weighted by Gasteiger charge is -2.21. The molecule has 0 bridgehead atoms. The van der Waals surface area contributed by atoms with Crippen molar-refractivity contribution in [3.63, 3.8) is 0 Å². The van der Waals surface area contributed by atoms with Gasteiger partial charge in [-0.25, -0.2) is 0 Å². The van der Waals surface area contributed by atoms with Gasteiger partial charge >= 0.3 is 0 Å². The molecular formula is C13H27N3O2. The summed E-state index contributed by atoms with van der Waals surface area (Å²) in [5, 5.41) is 2.92. The Morgan fingerprint density at radius 3 is 2.72 bits per heavy atom. The minimum Gasteiger partial charge on any atom is -0.385 e. The summed E-state index contributed by atoms with van der Waals surface area (Å²) in [5.41, 5.74) is 5.75. The van der Waals surface area contributed by atoms with E-state index in [1.807, 2.05) is 0 Å². The predicted molar refractivity (Wildman–Crippen MR) is 72.3 cm³/mol. The second kappa shape index (κ2) is 8.45. The van der Waals surface area contributed by atoms with Crippen molar-refractivity contribution in [3.8, 4) is 0 Å². The van der Waals surface area contributed by atoms with Crippen LogP contribution < -0.4 is 11.1 Å². The Labute approximate surface area is 110 Å². The van der Waals surface area contributed by atoms with Gasteiger partial charge in [0.15, 0.2) is 0 Å². The van der Waals surface area contributed by atoms with Crippen molar-refractivity contribution in [2.45, 2.75) is 32.2 Å². The highest BCUT2D eigenvalue weighted by molar-refractivity contribution is 5.81. The Bertz CT molecular complexity index is 242. The van der Waals surface area contributed by atoms with E-state index in [9.17, 15) is 4.79 Å². The molecule has 0 saturated carbocycles. The van der Waals surface area contributed by atoms with Crippen LogP contribution in [0.25, 0.3) is 0 Å². The molecule has 1 heterocycles. The fraction of sp³-hybridized carbons (Fsp3) is 0.923. The van der Waals surface area contributed by atoms with Crippen molar-refractivity contribution in [3.05, 3.63) is 0 Å². The molecule has 2 unspecified atom stereocenters. The quantitative estimate of drug-likeness (QED) is 0.652. The minimum absolute atomic E-state index is 0.0691. The number of nitrogens with two attached hydrogens (primary N) is 1. The van der Waals surface area contributed by atoms with Crippen molar-refractivity contribution < 1.29 is 9.53 Å². The molecule has 1 rings (SSSR count). The van der Waals surface area contributed by atoms with Gasteiger partial charge in [0.1, 0.15) is 0 Å². The fourth-order valence-electron chi connectivity index (χ4n) is 2.25. The number of carbonyl (C=O) groups is 1. The maximum atomic E-state index is 11.7. The molecule has 18 heavy (non-hydrogen) atoms. The number of nitrogens with one attached hydrogen (secondary N) is 1. The smallest absolute Gasteiger partial charge is 0.237 e. The predicted octanol–water partition coefficient (Wildman–Crippen LogP) is 0.198. The van der Waals surface area contributed by atoms with Gasteiger partial charge in [-0.15, -0.1) is 0 Å². The summed E-state index contributed by atoms with van der Waals surface area (Å²) in [5.74, 6) is 0.405. The van der Waals surface area contributed by atoms with Crippen LogP contribution in [0.15, 0.2) is 0 Å². The lowest BCUT2D eigenvalue weighted by Crippen LogP contribution is -2.43. The van der Waals surface area contributed by atoms with Gasteiger partial charge in [0.05, 0.1) is 6.04 Å². The van der Waals surface area contributed by atoms with E-state index < -0.39 is 6.04 Å². The molecule has 0 aliphatic carbocycles. The third kappa shape index (κ3) is 5.80. The molecule has 0 radical (unpaired) electrons. The molecule has 1 saturated heterocycles. The van der Waals surface area contributed by atoms with E-state index in [1.54, 1.807) is 7.11 Å². The van der Waals surface area contributed by atoms with Gasteiger partial charge in [-0.1, -0.05) is 6.92 Å². The van der Waals surface area contributed by atoms with Crippen LogP contribution in [0.4, 0.5) is 0 Å². The van der Waals surface area contributed by atoms with E-state index in [-0.39, 0.29) is 5.91 Å². The first kappa shape index (κ1) is 15.4. The van der Waals surface area contributed by atoms with Crippen LogP contribution in [0.5, 0.6) is 0 Å². The number of amides is 1. The lowest BCUT2D eigenvalue weighted by molar-refractivity contribution is -0.122. The van der Waals surface area contributed by atoms with Gasteiger partial charge in [-0.2, -0.15) is 0 Å². The molecule has 0 aromatic heterocycles. The standard InChI is InChI=1S/C13H27N3O2/c1-11(10-16-6-3-4-7-16)9-15-13(17)12(14)5-8-18-2/h11-12H,3-10,14H2,1-2H3,(H,15,17). The summed E-state index contributed by atoms with van der Waals surface area (Å²) in [6, 6.07) is -0.455. The van der Waals surface area contributed by atoms with Crippen molar-refractivity contribution in [2.75, 3.05) is 39.9 Å². The van der Waals surface area contributed by atoms with E-state index in [2.05, 4.69) is 17.1 Å². The lowest BCUT2D eigenvalue weighted by atomic mass is 10.1. The Morgan fingerprint density at radius 1 is 1.44 bits per heavy atom. The molecule has 0 aromatic carbocycles. The SMILES string of the molecule is COCCC(N)C(=O)NCC(C)CN1CCCC1. The summed E-state index contributed by atoms with van der Waals surface area (Å²) < 4.78 is 4.91. The monoisotopic (exact) mass is 257 g/mol. The number of carbonyl (C=O) groups excluding carboxylic acids is 1. The van der Waals surface area contributed by atoms with Gasteiger partial charge in [-0.3, -0.25) is 4.79 Å². The Hall–Kier alpha value is -0.650. The summed E-state index contributed by atoms with van der Waals surface area (Å²) >= 11 is 0. The van der Waals surface area contributed by atoms with E-state index in [0.29, 0.717) is 25.5 Å². The van der Waals surface area contributed by atoms with Crippen LogP contribution >= 0.6 is 0 Å². The molecule has 1 amide bonds. The molecular weight excluding hydrogens is 230 g/mol. The third-order valence-corrected chi connectivity index (χ3v) is 3.36. The molecule has 5 heteroatoms. The molecule has 5 nitrogen and oxygen atoms in total. The van der Waals surface area contributed by atoms with E-state index in [1.165, 1.54) is 25.9 Å². The zero-order chi connectivity index (χ0) is 13.4. The number of likely N-dealkylation sites (tertiary alicyclic amines) is 1. The van der Waals surface area contributed by atoms with E-state index in [4.69, 9.17) is 10.5 Å². The molecule has 3 N–H and O–H groups in total. The average Bonchev–Trinajstić information content (AvgIpc) is 2.85. The highest BCUT2D eigenvalue weighted by atomic mass is 16.5. The zero-order valence-corrected chi connectivity index (χ0v) is 11.7. The number of nitrogens with zero attached hydrogens (tertiary/aromatic N) is 1. The first-order valence-electron chi connectivity index (χ1n) is 6.88. The normalized spacial score (nSPS) is 19.7. The molecule has 2 atom stereocenters. The highest BCUT2D eigenvalue weighted by Crippen LogP contribution is 2.09. The summed E-state index contributed by atoms with van der Waals surface area (Å²) in [7, 11) is 1.61. The van der Waals surface area contributed by atoms with Gasteiger partial charge in [-0.05, 0) is 38.3 Å². The molecule has 0 spiro atoms. The van der Waals surface area contributed by atoms with Gasteiger partial charge in [0.25, 0.3) is 0 Å². The molecule has 1 aliphatic heterocycles. The Kier molecular flexibility index (Phi) is 7.23. The molecule has 106 valence electrons. The summed E-state index contributed by atoms with van der Waals surface area (Å²) in [6.07, 6.45) is 3.19. The number of hydrogen-bond acceptors (Lipinski definition) is 4.